The van der Waals surface area contributed by atoms with Crippen molar-refractivity contribution in [1.82, 2.24) is 0 Å². The summed E-state index contributed by atoms with van der Waals surface area (Å²) >= 11 is 6.73. The summed E-state index contributed by atoms with van der Waals surface area (Å²) in [6.07, 6.45) is 0. The number of carbonyl (C=O) groups is 1. The molecule has 0 aromatic heterocycles. The summed E-state index contributed by atoms with van der Waals surface area (Å²) in [5.74, 6) is -0.412. The summed E-state index contributed by atoms with van der Waals surface area (Å²) in [6.45, 7) is 0. The van der Waals surface area contributed by atoms with Gasteiger partial charge in [-0.3, -0.25) is 4.79 Å². The molecule has 19 heavy (non-hydrogen) atoms. The number of rotatable bonds is 4. The van der Waals surface area contributed by atoms with Gasteiger partial charge in [-0.2, -0.15) is 0 Å². The highest BCUT2D eigenvalue weighted by Gasteiger charge is 2.17. The molecule has 98 valence electrons. The van der Waals surface area contributed by atoms with Crippen molar-refractivity contribution in [2.75, 3.05) is 5.32 Å². The lowest BCUT2D eigenvalue weighted by molar-refractivity contribution is -0.118. The molecule has 1 amide bonds. The van der Waals surface area contributed by atoms with Gasteiger partial charge in [0.15, 0.2) is 0 Å². The van der Waals surface area contributed by atoms with Crippen LogP contribution in [0.2, 0.25) is 0 Å². The lowest BCUT2D eigenvalue weighted by Crippen LogP contribution is -2.27. The zero-order valence-electron chi connectivity index (χ0n) is 9.94. The molecule has 2 rings (SSSR count). The van der Waals surface area contributed by atoms with Gasteiger partial charge in [-0.05, 0) is 42.0 Å². The minimum absolute atomic E-state index is 0.412. The molecule has 3 nitrogen and oxygen atoms in total. The second kappa shape index (κ2) is 6.21. The van der Waals surface area contributed by atoms with Gasteiger partial charge in [0.25, 0.3) is 0 Å². The Morgan fingerprint density at radius 1 is 0.947 bits per heavy atom. The van der Waals surface area contributed by atoms with Crippen LogP contribution >= 0.6 is 31.9 Å². The first-order chi connectivity index (χ1) is 9.06. The number of amides is 1. The van der Waals surface area contributed by atoms with Crippen LogP contribution in [-0.4, -0.2) is 5.91 Å². The van der Waals surface area contributed by atoms with Gasteiger partial charge in [-0.15, -0.1) is 0 Å². The van der Waals surface area contributed by atoms with Crippen molar-refractivity contribution in [2.45, 2.75) is 6.04 Å². The third kappa shape index (κ3) is 3.81. The Labute approximate surface area is 128 Å². The third-order valence-corrected chi connectivity index (χ3v) is 3.70. The molecule has 2 aromatic carbocycles. The minimum Gasteiger partial charge on any atom is -0.370 e. The molecule has 0 saturated heterocycles. The summed E-state index contributed by atoms with van der Waals surface area (Å²) in [6, 6.07) is 14.5. The summed E-state index contributed by atoms with van der Waals surface area (Å²) in [7, 11) is 0. The summed E-state index contributed by atoms with van der Waals surface area (Å²) in [4.78, 5) is 11.6. The highest BCUT2D eigenvalue weighted by atomic mass is 79.9. The van der Waals surface area contributed by atoms with Crippen molar-refractivity contribution >= 4 is 43.5 Å². The number of halogens is 2. The first kappa shape index (κ1) is 14.1. The molecule has 0 aliphatic carbocycles. The predicted octanol–water partition coefficient (Wildman–Crippen LogP) is 3.85. The molecule has 3 N–H and O–H groups in total. The van der Waals surface area contributed by atoms with E-state index >= 15 is 0 Å². The van der Waals surface area contributed by atoms with Gasteiger partial charge in [-0.1, -0.05) is 44.0 Å². The van der Waals surface area contributed by atoms with Crippen LogP contribution in [0.5, 0.6) is 0 Å². The van der Waals surface area contributed by atoms with Crippen LogP contribution in [0, 0.1) is 0 Å². The van der Waals surface area contributed by atoms with Crippen molar-refractivity contribution in [1.29, 1.82) is 0 Å². The molecule has 2 aromatic rings. The number of nitrogens with two attached hydrogens (primary N) is 1. The molecular weight excluding hydrogens is 372 g/mol. The van der Waals surface area contributed by atoms with Crippen molar-refractivity contribution in [3.63, 3.8) is 0 Å². The molecule has 1 unspecified atom stereocenters. The lowest BCUT2D eigenvalue weighted by atomic mass is 10.1. The van der Waals surface area contributed by atoms with Crippen LogP contribution < -0.4 is 11.1 Å². The molecule has 5 heteroatoms. The Bertz CT molecular complexity index is 567. The van der Waals surface area contributed by atoms with Gasteiger partial charge in [0, 0.05) is 14.6 Å². The molecule has 0 bridgehead atoms. The molecule has 0 aliphatic rings. The first-order valence-electron chi connectivity index (χ1n) is 5.63. The van der Waals surface area contributed by atoms with E-state index in [4.69, 9.17) is 5.73 Å². The van der Waals surface area contributed by atoms with Crippen molar-refractivity contribution in [3.8, 4) is 0 Å². The van der Waals surface area contributed by atoms with E-state index < -0.39 is 11.9 Å². The maximum absolute atomic E-state index is 11.6. The molecular formula is C14H12Br2N2O. The maximum Gasteiger partial charge on any atom is 0.244 e. The Kier molecular flexibility index (Phi) is 4.61. The number of benzene rings is 2. The van der Waals surface area contributed by atoms with Crippen LogP contribution in [-0.2, 0) is 4.79 Å². The Hall–Kier alpha value is -1.33. The molecule has 0 aliphatic heterocycles. The number of primary amides is 1. The van der Waals surface area contributed by atoms with Crippen LogP contribution in [0.15, 0.2) is 57.5 Å². The first-order valence-corrected chi connectivity index (χ1v) is 7.22. The van der Waals surface area contributed by atoms with Crippen LogP contribution in [0.1, 0.15) is 11.6 Å². The smallest absolute Gasteiger partial charge is 0.244 e. The largest absolute Gasteiger partial charge is 0.370 e. The monoisotopic (exact) mass is 382 g/mol. The quantitative estimate of drug-likeness (QED) is 0.842. The van der Waals surface area contributed by atoms with Crippen molar-refractivity contribution < 1.29 is 4.79 Å². The normalized spacial score (nSPS) is 11.9. The van der Waals surface area contributed by atoms with Crippen molar-refractivity contribution in [3.05, 3.63) is 63.0 Å². The summed E-state index contributed by atoms with van der Waals surface area (Å²) < 4.78 is 1.94. The average Bonchev–Trinajstić information content (AvgIpc) is 2.39. The second-order valence-corrected chi connectivity index (χ2v) is 5.87. The van der Waals surface area contributed by atoms with E-state index in [2.05, 4.69) is 37.2 Å². The number of nitrogens with one attached hydrogen (secondary N) is 1. The average molecular weight is 384 g/mol. The van der Waals surface area contributed by atoms with Gasteiger partial charge in [0.2, 0.25) is 5.91 Å². The topological polar surface area (TPSA) is 55.1 Å². The summed E-state index contributed by atoms with van der Waals surface area (Å²) in [5, 5.41) is 3.13. The van der Waals surface area contributed by atoms with Gasteiger partial charge in [0.05, 0.1) is 0 Å². The molecule has 0 saturated carbocycles. The van der Waals surface area contributed by atoms with E-state index in [-0.39, 0.29) is 0 Å². The van der Waals surface area contributed by atoms with E-state index in [0.29, 0.717) is 0 Å². The van der Waals surface area contributed by atoms with E-state index in [1.807, 2.05) is 48.5 Å². The fourth-order valence-corrected chi connectivity index (χ4v) is 2.22. The fraction of sp³-hybridized carbons (Fsp3) is 0.0714. The Balaban J connectivity index is 2.23. The Morgan fingerprint density at radius 2 is 1.42 bits per heavy atom. The number of hydrogen-bond acceptors (Lipinski definition) is 2. The SMILES string of the molecule is NC(=O)C(Nc1ccc(Br)cc1)c1ccc(Br)cc1. The van der Waals surface area contributed by atoms with Crippen molar-refractivity contribution in [2.24, 2.45) is 5.73 Å². The van der Waals surface area contributed by atoms with Gasteiger partial charge >= 0.3 is 0 Å². The molecule has 0 radical (unpaired) electrons. The fourth-order valence-electron chi connectivity index (χ4n) is 1.69. The number of hydrogen-bond donors (Lipinski definition) is 2. The van der Waals surface area contributed by atoms with Crippen LogP contribution in [0.25, 0.3) is 0 Å². The van der Waals surface area contributed by atoms with Gasteiger partial charge in [-0.25, -0.2) is 0 Å². The predicted molar refractivity (Wildman–Crippen MR) is 83.8 cm³/mol. The molecule has 0 fully saturated rings. The summed E-state index contributed by atoms with van der Waals surface area (Å²) in [5.41, 5.74) is 7.14. The third-order valence-electron chi connectivity index (χ3n) is 2.64. The molecule has 0 heterocycles. The Morgan fingerprint density at radius 3 is 1.89 bits per heavy atom. The van der Waals surface area contributed by atoms with Crippen LogP contribution in [0.3, 0.4) is 0 Å². The standard InChI is InChI=1S/C14H12Br2N2O/c15-10-3-1-9(2-4-10)13(14(17)19)18-12-7-5-11(16)6-8-12/h1-8,13,18H,(H2,17,19). The maximum atomic E-state index is 11.6. The molecule has 0 spiro atoms. The highest BCUT2D eigenvalue weighted by molar-refractivity contribution is 9.10. The number of anilines is 1. The zero-order chi connectivity index (χ0) is 13.8. The molecule has 1 atom stereocenters. The second-order valence-electron chi connectivity index (χ2n) is 4.04. The minimum atomic E-state index is -0.547. The van der Waals surface area contributed by atoms with E-state index in [9.17, 15) is 4.79 Å². The number of carbonyl (C=O) groups excluding carboxylic acids is 1. The van der Waals surface area contributed by atoms with E-state index in [0.717, 1.165) is 20.2 Å². The van der Waals surface area contributed by atoms with E-state index in [1.54, 1.807) is 0 Å². The van der Waals surface area contributed by atoms with Gasteiger partial charge in [0.1, 0.15) is 6.04 Å². The van der Waals surface area contributed by atoms with Gasteiger partial charge < -0.3 is 11.1 Å². The van der Waals surface area contributed by atoms with E-state index in [1.165, 1.54) is 0 Å². The lowest BCUT2D eigenvalue weighted by Gasteiger charge is -2.17. The highest BCUT2D eigenvalue weighted by Crippen LogP contribution is 2.22. The zero-order valence-corrected chi connectivity index (χ0v) is 13.1. The van der Waals surface area contributed by atoms with Crippen LogP contribution in [0.4, 0.5) is 5.69 Å².